The third kappa shape index (κ3) is 5.14. The summed E-state index contributed by atoms with van der Waals surface area (Å²) in [6.07, 6.45) is -0.707. The fraction of sp³-hybridized carbons (Fsp3) is 0.538. The molecular weight excluding hydrogens is 296 g/mol. The van der Waals surface area contributed by atoms with Crippen molar-refractivity contribution in [3.63, 3.8) is 0 Å². The van der Waals surface area contributed by atoms with E-state index in [0.29, 0.717) is 0 Å². The van der Waals surface area contributed by atoms with Crippen molar-refractivity contribution in [1.82, 2.24) is 4.98 Å². The van der Waals surface area contributed by atoms with Crippen molar-refractivity contribution in [3.05, 3.63) is 10.6 Å². The Bertz CT molecular complexity index is 559. The van der Waals surface area contributed by atoms with Gasteiger partial charge in [-0.3, -0.25) is 10.1 Å². The van der Waals surface area contributed by atoms with Crippen LogP contribution in [0.3, 0.4) is 0 Å². The molecule has 1 aromatic heterocycles. The molecule has 0 fully saturated rings. The summed E-state index contributed by atoms with van der Waals surface area (Å²) in [7, 11) is 0. The number of hydrogen-bond acceptors (Lipinski definition) is 7. The van der Waals surface area contributed by atoms with Crippen LogP contribution in [0.1, 0.15) is 54.8 Å². The Morgan fingerprint density at radius 3 is 2.38 bits per heavy atom. The summed E-state index contributed by atoms with van der Waals surface area (Å²) in [5.41, 5.74) is -0.755. The summed E-state index contributed by atoms with van der Waals surface area (Å²) in [5, 5.41) is 2.51. The first-order valence-electron chi connectivity index (χ1n) is 6.33. The van der Waals surface area contributed by atoms with Crippen LogP contribution in [0.25, 0.3) is 0 Å². The monoisotopic (exact) mass is 314 g/mol. The summed E-state index contributed by atoms with van der Waals surface area (Å²) < 4.78 is 9.90. The fourth-order valence-electron chi connectivity index (χ4n) is 1.34. The predicted molar refractivity (Wildman–Crippen MR) is 77.9 cm³/mol. The van der Waals surface area contributed by atoms with Crippen LogP contribution >= 0.6 is 11.3 Å². The largest absolute Gasteiger partial charge is 0.461 e. The molecule has 0 spiro atoms. The highest BCUT2D eigenvalue weighted by Gasteiger charge is 2.24. The molecule has 0 aliphatic heterocycles. The molecule has 0 radical (unpaired) electrons. The minimum Gasteiger partial charge on any atom is -0.461 e. The van der Waals surface area contributed by atoms with Gasteiger partial charge in [0.2, 0.25) is 0 Å². The van der Waals surface area contributed by atoms with Crippen LogP contribution in [-0.2, 0) is 9.47 Å². The summed E-state index contributed by atoms with van der Waals surface area (Å²) in [5.74, 6) is -1.02. The van der Waals surface area contributed by atoms with E-state index >= 15 is 0 Å². The normalized spacial score (nSPS) is 10.9. The molecule has 0 aromatic carbocycles. The van der Waals surface area contributed by atoms with Crippen molar-refractivity contribution in [2.75, 3.05) is 11.9 Å². The summed E-state index contributed by atoms with van der Waals surface area (Å²) in [6, 6.07) is 0. The minimum atomic E-state index is -0.707. The Hall–Kier alpha value is -1.96. The van der Waals surface area contributed by atoms with Gasteiger partial charge in [-0.15, -0.1) is 0 Å². The Kier molecular flexibility index (Phi) is 5.42. The van der Waals surface area contributed by atoms with E-state index in [1.54, 1.807) is 27.7 Å². The molecule has 21 heavy (non-hydrogen) atoms. The molecule has 0 saturated heterocycles. The van der Waals surface area contributed by atoms with Gasteiger partial charge in [0.05, 0.1) is 6.61 Å². The average Bonchev–Trinajstić information content (AvgIpc) is 2.70. The van der Waals surface area contributed by atoms with E-state index < -0.39 is 17.7 Å². The zero-order valence-electron chi connectivity index (χ0n) is 12.6. The number of ether oxygens (including phenoxy) is 2. The predicted octanol–water partition coefficient (Wildman–Crippen LogP) is 2.87. The molecule has 0 bridgehead atoms. The fourth-order valence-corrected chi connectivity index (χ4v) is 2.17. The Balaban J connectivity index is 2.95. The number of nitrogens with zero attached hydrogens (tertiary/aromatic N) is 1. The molecule has 7 nitrogen and oxygen atoms in total. The Morgan fingerprint density at radius 2 is 1.90 bits per heavy atom. The second-order valence-electron chi connectivity index (χ2n) is 5.10. The van der Waals surface area contributed by atoms with E-state index in [4.69, 9.17) is 9.47 Å². The molecule has 1 amide bonds. The molecule has 0 unspecified atom stereocenters. The number of thiazole rings is 1. The van der Waals surface area contributed by atoms with E-state index in [-0.39, 0.29) is 28.1 Å². The first kappa shape index (κ1) is 17.1. The molecule has 116 valence electrons. The van der Waals surface area contributed by atoms with Gasteiger partial charge in [-0.1, -0.05) is 11.3 Å². The quantitative estimate of drug-likeness (QED) is 0.678. The molecule has 0 atom stereocenters. The SMILES string of the molecule is CCOC(=O)c1nc(NC(=O)OC(C)(C)C)sc1C(C)=O. The number of aromatic nitrogens is 1. The first-order valence-corrected chi connectivity index (χ1v) is 7.14. The highest BCUT2D eigenvalue weighted by Crippen LogP contribution is 2.25. The van der Waals surface area contributed by atoms with Crippen molar-refractivity contribution < 1.29 is 23.9 Å². The average molecular weight is 314 g/mol. The van der Waals surface area contributed by atoms with Crippen molar-refractivity contribution in [1.29, 1.82) is 0 Å². The number of anilines is 1. The van der Waals surface area contributed by atoms with Gasteiger partial charge in [-0.25, -0.2) is 14.6 Å². The lowest BCUT2D eigenvalue weighted by atomic mass is 10.2. The van der Waals surface area contributed by atoms with Crippen molar-refractivity contribution in [3.8, 4) is 0 Å². The molecule has 1 rings (SSSR count). The molecule has 8 heteroatoms. The van der Waals surface area contributed by atoms with E-state index in [9.17, 15) is 14.4 Å². The maximum absolute atomic E-state index is 11.7. The highest BCUT2D eigenvalue weighted by molar-refractivity contribution is 7.18. The second-order valence-corrected chi connectivity index (χ2v) is 6.10. The molecule has 0 aliphatic carbocycles. The van der Waals surface area contributed by atoms with E-state index in [1.165, 1.54) is 6.92 Å². The van der Waals surface area contributed by atoms with E-state index in [2.05, 4.69) is 10.3 Å². The maximum Gasteiger partial charge on any atom is 0.413 e. The van der Waals surface area contributed by atoms with Crippen LogP contribution in [0.5, 0.6) is 0 Å². The van der Waals surface area contributed by atoms with E-state index in [1.807, 2.05) is 0 Å². The zero-order chi connectivity index (χ0) is 16.2. The van der Waals surface area contributed by atoms with Crippen LogP contribution in [0, 0.1) is 0 Å². The number of nitrogens with one attached hydrogen (secondary N) is 1. The zero-order valence-corrected chi connectivity index (χ0v) is 13.4. The van der Waals surface area contributed by atoms with Crippen molar-refractivity contribution in [2.24, 2.45) is 0 Å². The van der Waals surface area contributed by atoms with Gasteiger partial charge in [0.25, 0.3) is 0 Å². The van der Waals surface area contributed by atoms with Crippen LogP contribution in [-0.4, -0.2) is 35.0 Å². The maximum atomic E-state index is 11.7. The van der Waals surface area contributed by atoms with Gasteiger partial charge in [0.15, 0.2) is 16.6 Å². The van der Waals surface area contributed by atoms with Gasteiger partial charge < -0.3 is 9.47 Å². The van der Waals surface area contributed by atoms with Gasteiger partial charge in [0, 0.05) is 6.92 Å². The van der Waals surface area contributed by atoms with Crippen molar-refractivity contribution in [2.45, 2.75) is 40.2 Å². The molecule has 0 aliphatic rings. The number of hydrogen-bond donors (Lipinski definition) is 1. The van der Waals surface area contributed by atoms with Crippen LogP contribution in [0.4, 0.5) is 9.93 Å². The van der Waals surface area contributed by atoms with Crippen LogP contribution in [0.15, 0.2) is 0 Å². The number of Topliss-reactive ketones (excluding diaryl/α,β-unsaturated/α-hetero) is 1. The summed E-state index contributed by atoms with van der Waals surface area (Å²) in [6.45, 7) is 8.30. The number of esters is 1. The Morgan fingerprint density at radius 1 is 1.29 bits per heavy atom. The van der Waals surface area contributed by atoms with Gasteiger partial charge in [0.1, 0.15) is 10.5 Å². The third-order valence-corrected chi connectivity index (χ3v) is 3.10. The summed E-state index contributed by atoms with van der Waals surface area (Å²) >= 11 is 0.903. The van der Waals surface area contributed by atoms with Gasteiger partial charge >= 0.3 is 12.1 Å². The lowest BCUT2D eigenvalue weighted by molar-refractivity contribution is 0.0516. The molecule has 1 aromatic rings. The molecule has 1 heterocycles. The molecular formula is C13H18N2O5S. The summed E-state index contributed by atoms with van der Waals surface area (Å²) in [4.78, 5) is 39.0. The minimum absolute atomic E-state index is 0.0968. The number of amides is 1. The topological polar surface area (TPSA) is 94.6 Å². The van der Waals surface area contributed by atoms with Crippen LogP contribution < -0.4 is 5.32 Å². The molecule has 0 saturated carbocycles. The van der Waals surface area contributed by atoms with E-state index in [0.717, 1.165) is 11.3 Å². The number of rotatable bonds is 4. The lowest BCUT2D eigenvalue weighted by Gasteiger charge is -2.18. The van der Waals surface area contributed by atoms with Gasteiger partial charge in [-0.2, -0.15) is 0 Å². The van der Waals surface area contributed by atoms with Crippen molar-refractivity contribution >= 4 is 34.3 Å². The van der Waals surface area contributed by atoms with Gasteiger partial charge in [-0.05, 0) is 27.7 Å². The third-order valence-electron chi connectivity index (χ3n) is 2.02. The number of ketones is 1. The standard InChI is InChI=1S/C13H18N2O5S/c1-6-19-10(17)8-9(7(2)16)21-11(14-8)15-12(18)20-13(3,4)5/h6H2,1-5H3,(H,14,15,18). The first-order chi connectivity index (χ1) is 9.64. The number of carbonyl (C=O) groups is 3. The molecule has 1 N–H and O–H groups in total. The smallest absolute Gasteiger partial charge is 0.413 e. The number of carbonyl (C=O) groups excluding carboxylic acids is 3. The highest BCUT2D eigenvalue weighted by atomic mass is 32.1. The Labute approximate surface area is 126 Å². The second kappa shape index (κ2) is 6.66. The van der Waals surface area contributed by atoms with Crippen LogP contribution in [0.2, 0.25) is 0 Å². The lowest BCUT2D eigenvalue weighted by Crippen LogP contribution is -2.27.